The first-order chi connectivity index (χ1) is 12.7. The lowest BCUT2D eigenvalue weighted by molar-refractivity contribution is -0.113. The number of anilines is 1. The summed E-state index contributed by atoms with van der Waals surface area (Å²) in [5, 5.41) is 15.3. The molecule has 1 N–H and O–H groups in total. The highest BCUT2D eigenvalue weighted by Gasteiger charge is 2.20. The second-order valence-electron chi connectivity index (χ2n) is 6.11. The van der Waals surface area contributed by atoms with Crippen LogP contribution >= 0.6 is 11.8 Å². The Morgan fingerprint density at radius 1 is 1.31 bits per heavy atom. The number of methoxy groups -OCH3 is 1. The summed E-state index contributed by atoms with van der Waals surface area (Å²) in [5.74, 6) is -0.437. The van der Waals surface area contributed by atoms with Crippen LogP contribution in [-0.4, -0.2) is 44.9 Å². The Morgan fingerprint density at radius 2 is 2.12 bits per heavy atom. The molecule has 1 aliphatic carbocycles. The van der Waals surface area contributed by atoms with E-state index in [0.717, 1.165) is 12.8 Å². The Hall–Kier alpha value is -2.42. The molecule has 3 rings (SSSR count). The third kappa shape index (κ3) is 4.60. The highest BCUT2D eigenvalue weighted by Crippen LogP contribution is 2.30. The van der Waals surface area contributed by atoms with Crippen LogP contribution in [0.2, 0.25) is 0 Å². The SMILES string of the molecule is COC(=O)c1cccc(NC(=O)CSc2nnnn2C2CCCCC2)c1. The summed E-state index contributed by atoms with van der Waals surface area (Å²) in [7, 11) is 1.32. The maximum atomic E-state index is 12.2. The van der Waals surface area contributed by atoms with E-state index in [9.17, 15) is 9.59 Å². The summed E-state index contributed by atoms with van der Waals surface area (Å²) in [5.41, 5.74) is 0.935. The molecule has 0 saturated heterocycles. The van der Waals surface area contributed by atoms with Crippen molar-refractivity contribution < 1.29 is 14.3 Å². The lowest BCUT2D eigenvalue weighted by Crippen LogP contribution is -2.17. The second kappa shape index (κ2) is 8.79. The number of carbonyl (C=O) groups excluding carboxylic acids is 2. The van der Waals surface area contributed by atoms with Crippen LogP contribution in [0.4, 0.5) is 5.69 Å². The first kappa shape index (κ1) is 18.4. The molecule has 1 aromatic carbocycles. The molecular weight excluding hydrogens is 354 g/mol. The van der Waals surface area contributed by atoms with Crippen molar-refractivity contribution in [3.8, 4) is 0 Å². The van der Waals surface area contributed by atoms with E-state index in [1.165, 1.54) is 38.1 Å². The number of amides is 1. The van der Waals surface area contributed by atoms with E-state index in [-0.39, 0.29) is 11.7 Å². The molecule has 1 saturated carbocycles. The van der Waals surface area contributed by atoms with E-state index < -0.39 is 5.97 Å². The maximum absolute atomic E-state index is 12.2. The average Bonchev–Trinajstić information content (AvgIpc) is 3.15. The summed E-state index contributed by atoms with van der Waals surface area (Å²) in [4.78, 5) is 23.8. The van der Waals surface area contributed by atoms with Gasteiger partial charge in [0, 0.05) is 5.69 Å². The van der Waals surface area contributed by atoms with Crippen molar-refractivity contribution in [1.82, 2.24) is 20.2 Å². The quantitative estimate of drug-likeness (QED) is 0.612. The van der Waals surface area contributed by atoms with Crippen LogP contribution in [0, 0.1) is 0 Å². The van der Waals surface area contributed by atoms with Gasteiger partial charge in [-0.1, -0.05) is 37.1 Å². The summed E-state index contributed by atoms with van der Waals surface area (Å²) >= 11 is 1.31. The van der Waals surface area contributed by atoms with Gasteiger partial charge >= 0.3 is 5.97 Å². The molecule has 26 heavy (non-hydrogen) atoms. The zero-order valence-corrected chi connectivity index (χ0v) is 15.4. The lowest BCUT2D eigenvalue weighted by Gasteiger charge is -2.21. The van der Waals surface area contributed by atoms with Crippen molar-refractivity contribution in [2.75, 3.05) is 18.2 Å². The molecule has 1 heterocycles. The summed E-state index contributed by atoms with van der Waals surface area (Å²) in [6.07, 6.45) is 5.78. The number of tetrazole rings is 1. The van der Waals surface area contributed by atoms with E-state index in [2.05, 4.69) is 25.6 Å². The summed E-state index contributed by atoms with van der Waals surface area (Å²) in [6, 6.07) is 6.95. The van der Waals surface area contributed by atoms with Crippen molar-refractivity contribution in [2.45, 2.75) is 43.3 Å². The maximum Gasteiger partial charge on any atom is 0.337 e. The van der Waals surface area contributed by atoms with E-state index in [1.54, 1.807) is 24.3 Å². The fourth-order valence-corrected chi connectivity index (χ4v) is 3.75. The van der Waals surface area contributed by atoms with Crippen LogP contribution in [0.15, 0.2) is 29.4 Å². The Labute approximate surface area is 155 Å². The highest BCUT2D eigenvalue weighted by atomic mass is 32.2. The van der Waals surface area contributed by atoms with Crippen molar-refractivity contribution >= 4 is 29.3 Å². The molecule has 0 aliphatic heterocycles. The number of rotatable bonds is 6. The number of hydrogen-bond donors (Lipinski definition) is 1. The molecule has 2 aromatic rings. The molecule has 1 aromatic heterocycles. The van der Waals surface area contributed by atoms with Crippen LogP contribution < -0.4 is 5.32 Å². The van der Waals surface area contributed by atoms with Crippen molar-refractivity contribution in [1.29, 1.82) is 0 Å². The molecule has 8 nitrogen and oxygen atoms in total. The molecule has 0 bridgehead atoms. The first-order valence-corrected chi connectivity index (χ1v) is 9.55. The van der Waals surface area contributed by atoms with Crippen molar-refractivity contribution in [3.05, 3.63) is 29.8 Å². The largest absolute Gasteiger partial charge is 0.465 e. The Morgan fingerprint density at radius 3 is 2.88 bits per heavy atom. The molecule has 0 spiro atoms. The number of nitrogens with one attached hydrogen (secondary N) is 1. The average molecular weight is 375 g/mol. The van der Waals surface area contributed by atoms with Gasteiger partial charge in [0.2, 0.25) is 11.1 Å². The number of nitrogens with zero attached hydrogens (tertiary/aromatic N) is 4. The van der Waals surface area contributed by atoms with Gasteiger partial charge in [0.05, 0.1) is 24.5 Å². The Balaban J connectivity index is 1.56. The number of esters is 1. The highest BCUT2D eigenvalue weighted by molar-refractivity contribution is 7.99. The topological polar surface area (TPSA) is 99.0 Å². The zero-order valence-electron chi connectivity index (χ0n) is 14.6. The van der Waals surface area contributed by atoms with Gasteiger partial charge in [-0.25, -0.2) is 9.48 Å². The van der Waals surface area contributed by atoms with Gasteiger partial charge in [-0.3, -0.25) is 4.79 Å². The van der Waals surface area contributed by atoms with Crippen LogP contribution in [0.25, 0.3) is 0 Å². The predicted molar refractivity (Wildman–Crippen MR) is 97.1 cm³/mol. The van der Waals surface area contributed by atoms with Gasteiger partial charge in [-0.05, 0) is 41.5 Å². The number of carbonyl (C=O) groups is 2. The molecule has 0 radical (unpaired) electrons. The van der Waals surface area contributed by atoms with E-state index in [4.69, 9.17) is 0 Å². The van der Waals surface area contributed by atoms with Gasteiger partial charge in [0.15, 0.2) is 0 Å². The minimum atomic E-state index is -0.442. The molecule has 138 valence electrons. The minimum Gasteiger partial charge on any atom is -0.465 e. The number of thioether (sulfide) groups is 1. The molecule has 0 unspecified atom stereocenters. The van der Waals surface area contributed by atoms with Crippen LogP contribution in [0.5, 0.6) is 0 Å². The Kier molecular flexibility index (Phi) is 6.21. The monoisotopic (exact) mass is 375 g/mol. The summed E-state index contributed by atoms with van der Waals surface area (Å²) < 4.78 is 6.53. The normalized spacial score (nSPS) is 14.8. The number of ether oxygens (including phenoxy) is 1. The van der Waals surface area contributed by atoms with Gasteiger partial charge in [0.1, 0.15) is 0 Å². The zero-order chi connectivity index (χ0) is 18.4. The minimum absolute atomic E-state index is 0.185. The van der Waals surface area contributed by atoms with E-state index in [1.807, 2.05) is 4.68 Å². The van der Waals surface area contributed by atoms with E-state index >= 15 is 0 Å². The van der Waals surface area contributed by atoms with Gasteiger partial charge in [-0.2, -0.15) is 0 Å². The molecular formula is C17H21N5O3S. The predicted octanol–water partition coefficient (Wildman–Crippen LogP) is 2.70. The van der Waals surface area contributed by atoms with Crippen LogP contribution in [0.1, 0.15) is 48.5 Å². The molecule has 9 heteroatoms. The molecule has 1 amide bonds. The lowest BCUT2D eigenvalue weighted by atomic mass is 9.96. The molecule has 0 atom stereocenters. The first-order valence-electron chi connectivity index (χ1n) is 8.56. The number of hydrogen-bond acceptors (Lipinski definition) is 7. The third-order valence-corrected chi connectivity index (χ3v) is 5.22. The molecule has 1 aliphatic rings. The number of benzene rings is 1. The van der Waals surface area contributed by atoms with Crippen LogP contribution in [-0.2, 0) is 9.53 Å². The Bertz CT molecular complexity index is 773. The van der Waals surface area contributed by atoms with Crippen LogP contribution in [0.3, 0.4) is 0 Å². The van der Waals surface area contributed by atoms with Gasteiger partial charge < -0.3 is 10.1 Å². The van der Waals surface area contributed by atoms with Gasteiger partial charge in [-0.15, -0.1) is 5.10 Å². The van der Waals surface area contributed by atoms with Crippen molar-refractivity contribution in [2.24, 2.45) is 0 Å². The fourth-order valence-electron chi connectivity index (χ4n) is 3.00. The third-order valence-electron chi connectivity index (χ3n) is 4.28. The summed E-state index contributed by atoms with van der Waals surface area (Å²) in [6.45, 7) is 0. The standard InChI is InChI=1S/C17H21N5O3S/c1-25-16(24)12-6-5-7-13(10-12)18-15(23)11-26-17-19-20-21-22(17)14-8-3-2-4-9-14/h5-7,10,14H,2-4,8-9,11H2,1H3,(H,18,23). The van der Waals surface area contributed by atoms with E-state index in [0.29, 0.717) is 22.4 Å². The van der Waals surface area contributed by atoms with Gasteiger partial charge in [0.25, 0.3) is 0 Å². The number of aromatic nitrogens is 4. The fraction of sp³-hybridized carbons (Fsp3) is 0.471. The smallest absolute Gasteiger partial charge is 0.337 e. The second-order valence-corrected chi connectivity index (χ2v) is 7.05. The molecule has 1 fully saturated rings. The van der Waals surface area contributed by atoms with Crippen molar-refractivity contribution in [3.63, 3.8) is 0 Å².